The number of nitrogens with one attached hydrogen (secondary N) is 2. The van der Waals surface area contributed by atoms with E-state index in [9.17, 15) is 19.8 Å². The molecule has 2 bridgehead atoms. The molecule has 5 aliphatic heterocycles. The molecule has 0 saturated carbocycles. The van der Waals surface area contributed by atoms with Crippen molar-refractivity contribution in [3.8, 4) is 33.5 Å². The van der Waals surface area contributed by atoms with Crippen molar-refractivity contribution in [2.24, 2.45) is 17.8 Å². The van der Waals surface area contributed by atoms with Crippen molar-refractivity contribution >= 4 is 56.5 Å². The van der Waals surface area contributed by atoms with Gasteiger partial charge in [0.05, 0.1) is 44.8 Å². The minimum atomic E-state index is -0.818. The highest BCUT2D eigenvalue weighted by molar-refractivity contribution is 7.13. The van der Waals surface area contributed by atoms with Gasteiger partial charge in [-0.1, -0.05) is 68.4 Å². The van der Waals surface area contributed by atoms with Gasteiger partial charge in [0.25, 0.3) is 0 Å². The monoisotopic (exact) mass is 1060 g/mol. The molecular formula is C59H67N11O6S. The van der Waals surface area contributed by atoms with Crippen molar-refractivity contribution in [1.29, 1.82) is 0 Å². The Labute approximate surface area is 452 Å². The van der Waals surface area contributed by atoms with Crippen molar-refractivity contribution in [3.05, 3.63) is 101 Å². The maximum Gasteiger partial charge on any atom is 0.319 e. The van der Waals surface area contributed by atoms with Gasteiger partial charge in [-0.15, -0.1) is 11.3 Å². The summed E-state index contributed by atoms with van der Waals surface area (Å²) in [6.07, 6.45) is 4.62. The number of aryl methyl sites for hydroxylation is 1. The highest BCUT2D eigenvalue weighted by atomic mass is 32.1. The number of benzene rings is 3. The first-order valence-corrected chi connectivity index (χ1v) is 28.5. The first kappa shape index (κ1) is 49.8. The number of carbonyl (C=O) groups excluding carboxylic acids is 2. The molecule has 3 aromatic carbocycles. The number of piperidine rings is 1. The number of aromatic hydroxyl groups is 1. The van der Waals surface area contributed by atoms with Crippen LogP contribution < -0.4 is 25.2 Å². The maximum atomic E-state index is 14.5. The number of hydrogen-bond acceptors (Lipinski definition) is 16. The Hall–Kier alpha value is -6.73. The van der Waals surface area contributed by atoms with E-state index in [-0.39, 0.29) is 48.4 Å². The Morgan fingerprint density at radius 2 is 1.74 bits per heavy atom. The molecule has 2 amide bonds. The van der Waals surface area contributed by atoms with Crippen LogP contribution in [0.15, 0.2) is 76.9 Å². The first-order valence-electron chi connectivity index (χ1n) is 27.7. The molecule has 18 heteroatoms. The van der Waals surface area contributed by atoms with E-state index in [1.165, 1.54) is 10.5 Å². The number of phenolic OH excluding ortho intramolecular Hbond substituents is 1. The van der Waals surface area contributed by atoms with E-state index in [0.29, 0.717) is 48.1 Å². The summed E-state index contributed by atoms with van der Waals surface area (Å²) in [5, 5.41) is 36.2. The molecule has 17 nitrogen and oxygen atoms in total. The number of nitrogens with zero attached hydrogens (tertiary/aromatic N) is 9. The largest absolute Gasteiger partial charge is 0.508 e. The Balaban J connectivity index is 0.669. The molecule has 400 valence electrons. The Morgan fingerprint density at radius 1 is 0.935 bits per heavy atom. The lowest BCUT2D eigenvalue weighted by atomic mass is 9.79. The number of aliphatic hydroxyl groups excluding tert-OH is 1. The third kappa shape index (κ3) is 9.13. The van der Waals surface area contributed by atoms with Gasteiger partial charge in [-0.05, 0) is 97.0 Å². The summed E-state index contributed by atoms with van der Waals surface area (Å²) < 4.78 is 12.6. The number of ether oxygens (including phenoxy) is 1. The molecule has 13 rings (SSSR count). The molecule has 7 aromatic rings. The molecule has 6 aliphatic rings. The second kappa shape index (κ2) is 19.9. The Morgan fingerprint density at radius 3 is 2.52 bits per heavy atom. The van der Waals surface area contributed by atoms with E-state index in [0.717, 1.165) is 131 Å². The van der Waals surface area contributed by atoms with E-state index in [1.807, 2.05) is 81.9 Å². The molecule has 0 radical (unpaired) electrons. The van der Waals surface area contributed by atoms with E-state index in [1.54, 1.807) is 11.3 Å². The minimum absolute atomic E-state index is 0.00867. The van der Waals surface area contributed by atoms with Crippen LogP contribution in [0, 0.1) is 24.7 Å². The van der Waals surface area contributed by atoms with Crippen molar-refractivity contribution < 1.29 is 29.1 Å². The number of aromatic nitrogens is 5. The number of β-amino-alcohol motifs (C(OH)–C–C–N with tert-alkyl or cyclic N) is 1. The molecule has 1 aliphatic carbocycles. The highest BCUT2D eigenvalue weighted by Crippen LogP contribution is 2.49. The lowest BCUT2D eigenvalue weighted by Gasteiger charge is -2.35. The zero-order valence-corrected chi connectivity index (χ0v) is 45.2. The van der Waals surface area contributed by atoms with Gasteiger partial charge >= 0.3 is 6.01 Å². The number of anilines is 2. The minimum Gasteiger partial charge on any atom is -0.508 e. The second-order valence-corrected chi connectivity index (χ2v) is 23.9. The van der Waals surface area contributed by atoms with Crippen LogP contribution in [0.1, 0.15) is 99.4 Å². The fourth-order valence-corrected chi connectivity index (χ4v) is 14.5. The van der Waals surface area contributed by atoms with Crippen molar-refractivity contribution in [1.82, 2.24) is 45.5 Å². The zero-order valence-electron chi connectivity index (χ0n) is 44.4. The topological polar surface area (TPSA) is 198 Å². The lowest BCUT2D eigenvalue weighted by molar-refractivity contribution is -0.141. The van der Waals surface area contributed by atoms with Gasteiger partial charge in [0.2, 0.25) is 11.8 Å². The van der Waals surface area contributed by atoms with Gasteiger partial charge < -0.3 is 44.8 Å². The van der Waals surface area contributed by atoms with E-state index >= 15 is 0 Å². The molecule has 4 aromatic heterocycles. The maximum absolute atomic E-state index is 14.5. The number of piperazine rings is 1. The van der Waals surface area contributed by atoms with E-state index < -0.39 is 18.1 Å². The summed E-state index contributed by atoms with van der Waals surface area (Å²) in [7, 11) is 0. The van der Waals surface area contributed by atoms with Crippen LogP contribution in [-0.2, 0) is 9.59 Å². The van der Waals surface area contributed by atoms with Crippen LogP contribution >= 0.6 is 11.3 Å². The van der Waals surface area contributed by atoms with E-state index in [2.05, 4.69) is 60.6 Å². The molecular weight excluding hydrogens is 991 g/mol. The molecule has 5 saturated heterocycles. The van der Waals surface area contributed by atoms with Gasteiger partial charge in [-0.3, -0.25) is 19.5 Å². The number of phenols is 1. The fraction of sp³-hybridized carbons (Fsp3) is 0.475. The molecule has 77 heavy (non-hydrogen) atoms. The van der Waals surface area contributed by atoms with Gasteiger partial charge in [0, 0.05) is 93.6 Å². The lowest BCUT2D eigenvalue weighted by Crippen LogP contribution is -2.51. The summed E-state index contributed by atoms with van der Waals surface area (Å²) in [6.45, 7) is 16.6. The number of aliphatic hydroxyl groups is 1. The van der Waals surface area contributed by atoms with Crippen molar-refractivity contribution in [2.45, 2.75) is 102 Å². The Kier molecular flexibility index (Phi) is 12.9. The average Bonchev–Trinajstić information content (AvgIpc) is 4.30. The summed E-state index contributed by atoms with van der Waals surface area (Å²) in [4.78, 5) is 58.2. The van der Waals surface area contributed by atoms with E-state index in [4.69, 9.17) is 24.2 Å². The number of thiazole rings is 1. The second-order valence-electron chi connectivity index (χ2n) is 23.0. The number of hydrogen-bond donors (Lipinski definition) is 4. The van der Waals surface area contributed by atoms with Gasteiger partial charge in [0.1, 0.15) is 30.1 Å². The standard InChI is InChI=1S/C59H67N11O6S/c1-31(2)50(58(74)70-29-43(72)21-47(70)57(73)62-33(4)35-9-11-36(12-10-35)55-34(5)61-30-77-55)48-22-49(66-76-48)68-25-38-15-16-67(24-39(38)26-68)17-18-75-59-64-54-46(56(65-59)69-27-40-13-14-41(28-69)63-40)23-60-53-45-20-42(71)19-37-7-6-8-44(52(37)45)32(3)51(53)54/h6-12,19-20,22-23,30-33,38-41,43,47,50,63,71-72H,13-18,21,24-29H2,1-5H3,(H,62,73)/t32?,33-,38+,39-,40?,41?,43+,47-,50-/m0/s1. The smallest absolute Gasteiger partial charge is 0.319 e. The summed E-state index contributed by atoms with van der Waals surface area (Å²) in [6, 6.07) is 20.0. The van der Waals surface area contributed by atoms with Crippen LogP contribution in [0.3, 0.4) is 0 Å². The van der Waals surface area contributed by atoms with Crippen LogP contribution in [0.4, 0.5) is 11.6 Å². The molecule has 9 heterocycles. The summed E-state index contributed by atoms with van der Waals surface area (Å²) >= 11 is 1.60. The highest BCUT2D eigenvalue weighted by Gasteiger charge is 2.45. The third-order valence-corrected chi connectivity index (χ3v) is 18.6. The molecule has 0 spiro atoms. The van der Waals surface area contributed by atoms with Crippen LogP contribution in [0.2, 0.25) is 0 Å². The SMILES string of the molecule is Cc1ncsc1-c1ccc([C@H](C)NC(=O)[C@@H]2C[C@@H](O)CN2C(=O)[C@H](c2cc(N3C[C@H]4CCN(CCOc5nc(N6CC7CCC(C6)N7)c6cnc7c(c6n5)C(C)c5cccc6cc(O)cc-7c56)C[C@H]4C3)no2)C(C)C)cc1. The summed E-state index contributed by atoms with van der Waals surface area (Å²) in [5.74, 6) is 1.80. The predicted octanol–water partition coefficient (Wildman–Crippen LogP) is 7.79. The first-order chi connectivity index (χ1) is 37.3. The van der Waals surface area contributed by atoms with Crippen LogP contribution in [0.25, 0.3) is 43.4 Å². The van der Waals surface area contributed by atoms with Crippen molar-refractivity contribution in [2.75, 3.05) is 68.8 Å². The number of rotatable bonds is 13. The van der Waals surface area contributed by atoms with Gasteiger partial charge in [0.15, 0.2) is 11.6 Å². The number of fused-ring (bicyclic) bond motifs is 7. The van der Waals surface area contributed by atoms with Gasteiger partial charge in [-0.25, -0.2) is 4.98 Å². The summed E-state index contributed by atoms with van der Waals surface area (Å²) in [5.41, 5.74) is 9.68. The quantitative estimate of drug-likeness (QED) is 0.0872. The molecule has 4 N–H and O–H groups in total. The number of carbonyl (C=O) groups is 2. The Bertz CT molecular complexity index is 3390. The average molecular weight is 1060 g/mol. The third-order valence-electron chi connectivity index (χ3n) is 17.6. The number of likely N-dealkylation sites (tertiary alicyclic amines) is 2. The van der Waals surface area contributed by atoms with Crippen LogP contribution in [-0.4, -0.2) is 140 Å². The zero-order chi connectivity index (χ0) is 52.8. The van der Waals surface area contributed by atoms with Crippen molar-refractivity contribution in [3.63, 3.8) is 0 Å². The molecule has 5 fully saturated rings. The fourth-order valence-electron chi connectivity index (χ4n) is 13.7. The number of amides is 2. The predicted molar refractivity (Wildman–Crippen MR) is 296 cm³/mol. The molecule has 9 atom stereocenters. The normalized spacial score (nSPS) is 24.7. The molecule has 3 unspecified atom stereocenters. The van der Waals surface area contributed by atoms with Gasteiger partial charge in [-0.2, -0.15) is 9.97 Å². The van der Waals surface area contributed by atoms with Crippen LogP contribution in [0.5, 0.6) is 11.8 Å². The number of pyridine rings is 1.